The number of carbonyl (C=O) groups is 2. The summed E-state index contributed by atoms with van der Waals surface area (Å²) in [6.45, 7) is 1.72. The molecule has 2 amide bonds. The molecule has 2 aliphatic carbocycles. The largest absolute Gasteiger partial charge is 0.380 e. The fraction of sp³-hybridized carbons (Fsp3) is 0.462. The smallest absolute Gasteiger partial charge is 0.254 e. The Morgan fingerprint density at radius 2 is 1.57 bits per heavy atom. The van der Waals surface area contributed by atoms with E-state index in [-0.39, 0.29) is 17.1 Å². The first-order valence-corrected chi connectivity index (χ1v) is 13.7. The molecule has 3 fully saturated rings. The second kappa shape index (κ2) is 8.95. The van der Waals surface area contributed by atoms with Gasteiger partial charge in [0.05, 0.1) is 10.9 Å². The van der Waals surface area contributed by atoms with Crippen molar-refractivity contribution >= 4 is 27.5 Å². The minimum Gasteiger partial charge on any atom is -0.380 e. The summed E-state index contributed by atoms with van der Waals surface area (Å²) in [4.78, 5) is 28.7. The molecule has 9 heteroatoms. The Morgan fingerprint density at radius 1 is 0.943 bits per heavy atom. The first-order chi connectivity index (χ1) is 16.7. The minimum absolute atomic E-state index is 0.0890. The summed E-state index contributed by atoms with van der Waals surface area (Å²) >= 11 is 0. The maximum absolute atomic E-state index is 13.0. The Balaban J connectivity index is 1.24. The predicted octanol–water partition coefficient (Wildman–Crippen LogP) is 2.48. The summed E-state index contributed by atoms with van der Waals surface area (Å²) in [6.07, 6.45) is 3.44. The first kappa shape index (κ1) is 23.8. The molecule has 1 aliphatic heterocycles. The van der Waals surface area contributed by atoms with Gasteiger partial charge in [-0.3, -0.25) is 13.9 Å². The lowest BCUT2D eigenvalue weighted by Gasteiger charge is -2.35. The van der Waals surface area contributed by atoms with Crippen LogP contribution in [0.15, 0.2) is 48.5 Å². The quantitative estimate of drug-likeness (QED) is 0.661. The van der Waals surface area contributed by atoms with Crippen LogP contribution in [0.5, 0.6) is 0 Å². The van der Waals surface area contributed by atoms with E-state index in [0.717, 1.165) is 30.4 Å². The van der Waals surface area contributed by atoms with Crippen molar-refractivity contribution in [2.45, 2.75) is 43.0 Å². The molecule has 1 heterocycles. The Labute approximate surface area is 206 Å². The van der Waals surface area contributed by atoms with Crippen LogP contribution in [0.4, 0.5) is 5.69 Å². The number of sulfonamides is 1. The minimum atomic E-state index is -3.35. The van der Waals surface area contributed by atoms with Gasteiger partial charge in [-0.15, -0.1) is 0 Å². The average Bonchev–Trinajstić information content (AvgIpc) is 3.60. The number of piperazine rings is 1. The molecule has 0 radical (unpaired) electrons. The number of hydrogen-bond donors (Lipinski definition) is 1. The van der Waals surface area contributed by atoms with E-state index < -0.39 is 15.6 Å². The molecular formula is C26H31N3O5S. The molecule has 0 atom stereocenters. The highest BCUT2D eigenvalue weighted by Gasteiger charge is 2.50. The van der Waals surface area contributed by atoms with E-state index in [1.807, 2.05) is 30.3 Å². The van der Waals surface area contributed by atoms with Gasteiger partial charge < -0.3 is 14.9 Å². The van der Waals surface area contributed by atoms with E-state index in [9.17, 15) is 23.1 Å². The van der Waals surface area contributed by atoms with Gasteiger partial charge in [0.15, 0.2) is 0 Å². The van der Waals surface area contributed by atoms with Gasteiger partial charge in [-0.1, -0.05) is 30.7 Å². The number of benzene rings is 2. The number of hydrogen-bond acceptors (Lipinski definition) is 5. The predicted molar refractivity (Wildman–Crippen MR) is 134 cm³/mol. The van der Waals surface area contributed by atoms with Crippen molar-refractivity contribution in [3.05, 3.63) is 54.1 Å². The maximum atomic E-state index is 13.0. The lowest BCUT2D eigenvalue weighted by Crippen LogP contribution is -2.53. The standard InChI is InChI=1S/C26H31N3O5S/c1-27(35(33,34)23-6-3-7-23)22-5-2-4-21(18-22)19-8-10-20(11-9-19)24(30)28-14-16-29(17-15-28)25(31)26(32)12-13-26/h2,4-5,8-11,18,23,32H,3,6-7,12-17H2,1H3. The molecule has 2 saturated carbocycles. The fourth-order valence-corrected chi connectivity index (χ4v) is 6.43. The molecule has 0 bridgehead atoms. The Bertz CT molecular complexity index is 1230. The topological polar surface area (TPSA) is 98.2 Å². The highest BCUT2D eigenvalue weighted by molar-refractivity contribution is 7.93. The van der Waals surface area contributed by atoms with Gasteiger partial charge in [0.1, 0.15) is 5.60 Å². The molecular weight excluding hydrogens is 466 g/mol. The van der Waals surface area contributed by atoms with Gasteiger partial charge >= 0.3 is 0 Å². The Kier molecular flexibility index (Phi) is 6.09. The van der Waals surface area contributed by atoms with Crippen LogP contribution in [0.1, 0.15) is 42.5 Å². The van der Waals surface area contributed by atoms with Crippen molar-refractivity contribution in [2.24, 2.45) is 0 Å². The Hall–Kier alpha value is -2.91. The highest BCUT2D eigenvalue weighted by atomic mass is 32.2. The molecule has 1 saturated heterocycles. The third-order valence-electron chi connectivity index (χ3n) is 7.51. The van der Waals surface area contributed by atoms with Gasteiger partial charge in [0.2, 0.25) is 10.0 Å². The first-order valence-electron chi connectivity index (χ1n) is 12.2. The number of anilines is 1. The van der Waals surface area contributed by atoms with Crippen LogP contribution in [0.3, 0.4) is 0 Å². The zero-order valence-corrected chi connectivity index (χ0v) is 20.7. The monoisotopic (exact) mass is 497 g/mol. The summed E-state index contributed by atoms with van der Waals surface area (Å²) < 4.78 is 27.0. The fourth-order valence-electron chi connectivity index (χ4n) is 4.65. The molecule has 0 spiro atoms. The molecule has 186 valence electrons. The third-order valence-corrected chi connectivity index (χ3v) is 9.79. The number of aliphatic hydroxyl groups is 1. The van der Waals surface area contributed by atoms with E-state index in [0.29, 0.717) is 50.3 Å². The van der Waals surface area contributed by atoms with Crippen LogP contribution in [0.2, 0.25) is 0 Å². The van der Waals surface area contributed by atoms with E-state index in [1.165, 1.54) is 4.31 Å². The van der Waals surface area contributed by atoms with E-state index >= 15 is 0 Å². The molecule has 0 unspecified atom stereocenters. The molecule has 35 heavy (non-hydrogen) atoms. The summed E-state index contributed by atoms with van der Waals surface area (Å²) in [6, 6.07) is 14.7. The summed E-state index contributed by atoms with van der Waals surface area (Å²) in [5.41, 5.74) is 1.79. The van der Waals surface area contributed by atoms with Crippen molar-refractivity contribution in [3.8, 4) is 11.1 Å². The second-order valence-electron chi connectivity index (χ2n) is 9.81. The molecule has 2 aromatic carbocycles. The van der Waals surface area contributed by atoms with Crippen LogP contribution in [0.25, 0.3) is 11.1 Å². The van der Waals surface area contributed by atoms with Crippen molar-refractivity contribution in [2.75, 3.05) is 37.5 Å². The van der Waals surface area contributed by atoms with Crippen LogP contribution in [-0.4, -0.2) is 79.2 Å². The zero-order valence-electron chi connectivity index (χ0n) is 19.9. The maximum Gasteiger partial charge on any atom is 0.254 e. The molecule has 3 aliphatic rings. The van der Waals surface area contributed by atoms with Crippen molar-refractivity contribution in [3.63, 3.8) is 0 Å². The van der Waals surface area contributed by atoms with Crippen LogP contribution in [0, 0.1) is 0 Å². The molecule has 5 rings (SSSR count). The van der Waals surface area contributed by atoms with Gasteiger partial charge in [-0.2, -0.15) is 0 Å². The van der Waals surface area contributed by atoms with E-state index in [1.54, 1.807) is 35.0 Å². The van der Waals surface area contributed by atoms with Gasteiger partial charge in [0.25, 0.3) is 11.8 Å². The number of nitrogens with zero attached hydrogens (tertiary/aromatic N) is 3. The highest BCUT2D eigenvalue weighted by Crippen LogP contribution is 2.37. The van der Waals surface area contributed by atoms with Crippen molar-refractivity contribution in [1.82, 2.24) is 9.80 Å². The third kappa shape index (κ3) is 4.54. The second-order valence-corrected chi connectivity index (χ2v) is 12.1. The molecule has 1 N–H and O–H groups in total. The molecule has 2 aromatic rings. The normalized spacial score (nSPS) is 19.7. The van der Waals surface area contributed by atoms with Crippen molar-refractivity contribution < 1.29 is 23.1 Å². The van der Waals surface area contributed by atoms with E-state index in [4.69, 9.17) is 0 Å². The SMILES string of the molecule is CN(c1cccc(-c2ccc(C(=O)N3CCN(C(=O)C4(O)CC4)CC3)cc2)c1)S(=O)(=O)C1CCC1. The van der Waals surface area contributed by atoms with Gasteiger partial charge in [0, 0.05) is 38.8 Å². The van der Waals surface area contributed by atoms with Gasteiger partial charge in [-0.05, 0) is 61.1 Å². The lowest BCUT2D eigenvalue weighted by atomic mass is 10.0. The van der Waals surface area contributed by atoms with Crippen LogP contribution >= 0.6 is 0 Å². The number of rotatable bonds is 6. The summed E-state index contributed by atoms with van der Waals surface area (Å²) in [5, 5.41) is 9.75. The van der Waals surface area contributed by atoms with E-state index in [2.05, 4.69) is 0 Å². The van der Waals surface area contributed by atoms with Gasteiger partial charge in [-0.25, -0.2) is 8.42 Å². The van der Waals surface area contributed by atoms with Crippen LogP contribution < -0.4 is 4.31 Å². The average molecular weight is 498 g/mol. The Morgan fingerprint density at radius 3 is 2.14 bits per heavy atom. The summed E-state index contributed by atoms with van der Waals surface area (Å²) in [7, 11) is -1.75. The number of amides is 2. The lowest BCUT2D eigenvalue weighted by molar-refractivity contribution is -0.143. The van der Waals surface area contributed by atoms with Crippen molar-refractivity contribution in [1.29, 1.82) is 0 Å². The molecule has 0 aromatic heterocycles. The van der Waals surface area contributed by atoms with Crippen LogP contribution in [-0.2, 0) is 14.8 Å². The summed E-state index contributed by atoms with van der Waals surface area (Å²) in [5.74, 6) is -0.309. The zero-order chi connectivity index (χ0) is 24.8. The molecule has 8 nitrogen and oxygen atoms in total. The number of carbonyl (C=O) groups excluding carboxylic acids is 2.